The fourth-order valence-electron chi connectivity index (χ4n) is 2.21. The van der Waals surface area contributed by atoms with Gasteiger partial charge in [0.15, 0.2) is 0 Å². The van der Waals surface area contributed by atoms with Crippen LogP contribution >= 0.6 is 12.2 Å². The fourth-order valence-corrected chi connectivity index (χ4v) is 2.31. The largest absolute Gasteiger partial charge is 0.493 e. The highest BCUT2D eigenvalue weighted by molar-refractivity contribution is 7.80. The quantitative estimate of drug-likeness (QED) is 0.629. The van der Waals surface area contributed by atoms with Gasteiger partial charge in [-0.05, 0) is 44.7 Å². The Kier molecular flexibility index (Phi) is 5.36. The normalized spacial score (nSPS) is 11.4. The van der Waals surface area contributed by atoms with Gasteiger partial charge >= 0.3 is 0 Å². The van der Waals surface area contributed by atoms with Crippen LogP contribution in [0.4, 0.5) is 0 Å². The van der Waals surface area contributed by atoms with Gasteiger partial charge in [0.25, 0.3) is 0 Å². The SMILES string of the molecule is Cc1cc(C)c(OCCCC(C)(C)C(N)=S)c(C)c1. The maximum atomic E-state index is 5.91. The highest BCUT2D eigenvalue weighted by atomic mass is 32.1. The standard InChI is InChI=1S/C16H25NOS/c1-11-9-12(2)14(13(3)10-11)18-8-6-7-16(4,5)15(17)19/h9-10H,6-8H2,1-5H3,(H2,17,19). The van der Waals surface area contributed by atoms with Gasteiger partial charge in [0.1, 0.15) is 5.75 Å². The summed E-state index contributed by atoms with van der Waals surface area (Å²) in [6, 6.07) is 4.31. The Labute approximate surface area is 122 Å². The Balaban J connectivity index is 2.53. The summed E-state index contributed by atoms with van der Waals surface area (Å²) in [6.07, 6.45) is 1.91. The van der Waals surface area contributed by atoms with Crippen molar-refractivity contribution in [2.75, 3.05) is 6.61 Å². The highest BCUT2D eigenvalue weighted by Gasteiger charge is 2.20. The van der Waals surface area contributed by atoms with Crippen molar-refractivity contribution in [1.82, 2.24) is 0 Å². The number of ether oxygens (including phenoxy) is 1. The number of thiocarbonyl (C=S) groups is 1. The van der Waals surface area contributed by atoms with E-state index in [1.54, 1.807) is 0 Å². The Morgan fingerprint density at radius 2 is 1.74 bits per heavy atom. The smallest absolute Gasteiger partial charge is 0.125 e. The van der Waals surface area contributed by atoms with E-state index in [1.807, 2.05) is 0 Å². The molecule has 0 aromatic heterocycles. The van der Waals surface area contributed by atoms with Crippen LogP contribution in [0.2, 0.25) is 0 Å². The zero-order valence-electron chi connectivity index (χ0n) is 12.7. The van der Waals surface area contributed by atoms with Gasteiger partial charge in [-0.1, -0.05) is 43.8 Å². The number of benzene rings is 1. The summed E-state index contributed by atoms with van der Waals surface area (Å²) in [5, 5.41) is 0. The molecule has 2 nitrogen and oxygen atoms in total. The van der Waals surface area contributed by atoms with E-state index >= 15 is 0 Å². The molecule has 0 fully saturated rings. The highest BCUT2D eigenvalue weighted by Crippen LogP contribution is 2.26. The van der Waals surface area contributed by atoms with Crippen molar-refractivity contribution in [3.63, 3.8) is 0 Å². The van der Waals surface area contributed by atoms with Gasteiger partial charge in [0.05, 0.1) is 11.6 Å². The molecular weight excluding hydrogens is 254 g/mol. The fraction of sp³-hybridized carbons (Fsp3) is 0.562. The zero-order chi connectivity index (χ0) is 14.6. The molecule has 1 aromatic rings. The molecule has 0 saturated heterocycles. The zero-order valence-corrected chi connectivity index (χ0v) is 13.5. The third kappa shape index (κ3) is 4.50. The monoisotopic (exact) mass is 279 g/mol. The van der Waals surface area contributed by atoms with Crippen LogP contribution in [0, 0.1) is 26.2 Å². The number of rotatable bonds is 6. The number of nitrogens with two attached hydrogens (primary N) is 1. The van der Waals surface area contributed by atoms with E-state index in [4.69, 9.17) is 22.7 Å². The van der Waals surface area contributed by atoms with Crippen LogP contribution in [-0.4, -0.2) is 11.6 Å². The van der Waals surface area contributed by atoms with Crippen molar-refractivity contribution in [3.05, 3.63) is 28.8 Å². The van der Waals surface area contributed by atoms with Gasteiger partial charge < -0.3 is 10.5 Å². The third-order valence-electron chi connectivity index (χ3n) is 3.46. The van der Waals surface area contributed by atoms with E-state index in [9.17, 15) is 0 Å². The van der Waals surface area contributed by atoms with E-state index < -0.39 is 0 Å². The minimum Gasteiger partial charge on any atom is -0.493 e. The molecule has 0 aliphatic carbocycles. The van der Waals surface area contributed by atoms with E-state index in [1.165, 1.54) is 16.7 Å². The van der Waals surface area contributed by atoms with Gasteiger partial charge in [-0.15, -0.1) is 0 Å². The second kappa shape index (κ2) is 6.38. The van der Waals surface area contributed by atoms with Crippen molar-refractivity contribution in [3.8, 4) is 5.75 Å². The molecule has 1 rings (SSSR count). The first-order valence-electron chi connectivity index (χ1n) is 6.74. The van der Waals surface area contributed by atoms with E-state index in [0.717, 1.165) is 18.6 Å². The topological polar surface area (TPSA) is 35.2 Å². The van der Waals surface area contributed by atoms with Crippen LogP contribution < -0.4 is 10.5 Å². The average Bonchev–Trinajstić information content (AvgIpc) is 2.26. The summed E-state index contributed by atoms with van der Waals surface area (Å²) in [5.41, 5.74) is 9.31. The maximum absolute atomic E-state index is 5.91. The van der Waals surface area contributed by atoms with Crippen molar-refractivity contribution in [1.29, 1.82) is 0 Å². The minimum atomic E-state index is -0.0872. The second-order valence-electron chi connectivity index (χ2n) is 5.93. The number of hydrogen-bond donors (Lipinski definition) is 1. The van der Waals surface area contributed by atoms with Crippen molar-refractivity contribution >= 4 is 17.2 Å². The molecule has 3 heteroatoms. The molecule has 0 radical (unpaired) electrons. The van der Waals surface area contributed by atoms with Gasteiger partial charge in [-0.3, -0.25) is 0 Å². The first-order valence-corrected chi connectivity index (χ1v) is 7.15. The molecule has 0 bridgehead atoms. The van der Waals surface area contributed by atoms with Gasteiger partial charge in [0.2, 0.25) is 0 Å². The van der Waals surface area contributed by atoms with E-state index in [2.05, 4.69) is 46.8 Å². The van der Waals surface area contributed by atoms with Crippen LogP contribution in [-0.2, 0) is 0 Å². The van der Waals surface area contributed by atoms with Crippen LogP contribution in [0.25, 0.3) is 0 Å². The van der Waals surface area contributed by atoms with Crippen LogP contribution in [0.5, 0.6) is 5.75 Å². The molecule has 2 N–H and O–H groups in total. The summed E-state index contributed by atoms with van der Waals surface area (Å²) >= 11 is 5.07. The van der Waals surface area contributed by atoms with Crippen LogP contribution in [0.3, 0.4) is 0 Å². The molecule has 0 aliphatic heterocycles. The van der Waals surface area contributed by atoms with Crippen molar-refractivity contribution < 1.29 is 4.74 Å². The van der Waals surface area contributed by atoms with Gasteiger partial charge in [-0.25, -0.2) is 0 Å². The first-order chi connectivity index (χ1) is 8.74. The third-order valence-corrected chi connectivity index (χ3v) is 4.02. The van der Waals surface area contributed by atoms with Gasteiger partial charge in [-0.2, -0.15) is 0 Å². The second-order valence-corrected chi connectivity index (χ2v) is 6.37. The number of hydrogen-bond acceptors (Lipinski definition) is 2. The molecule has 0 aliphatic rings. The Morgan fingerprint density at radius 1 is 1.21 bits per heavy atom. The summed E-state index contributed by atoms with van der Waals surface area (Å²) in [7, 11) is 0. The molecule has 0 amide bonds. The lowest BCUT2D eigenvalue weighted by Gasteiger charge is -2.23. The predicted octanol–water partition coefficient (Wildman–Crippen LogP) is 4.08. The molecule has 19 heavy (non-hydrogen) atoms. The molecule has 0 heterocycles. The van der Waals surface area contributed by atoms with Gasteiger partial charge in [0, 0.05) is 5.41 Å². The van der Waals surface area contributed by atoms with Crippen LogP contribution in [0.15, 0.2) is 12.1 Å². The molecule has 0 unspecified atom stereocenters. The number of aryl methyl sites for hydroxylation is 3. The Morgan fingerprint density at radius 3 is 2.21 bits per heavy atom. The Bertz CT molecular complexity index is 443. The molecular formula is C16H25NOS. The molecule has 1 aromatic carbocycles. The lowest BCUT2D eigenvalue weighted by molar-refractivity contribution is 0.284. The first kappa shape index (κ1) is 16.0. The maximum Gasteiger partial charge on any atom is 0.125 e. The van der Waals surface area contributed by atoms with Crippen LogP contribution in [0.1, 0.15) is 43.4 Å². The summed E-state index contributed by atoms with van der Waals surface area (Å²) < 4.78 is 5.91. The van der Waals surface area contributed by atoms with Crippen molar-refractivity contribution in [2.45, 2.75) is 47.5 Å². The summed E-state index contributed by atoms with van der Waals surface area (Å²) in [5.74, 6) is 1.01. The minimum absolute atomic E-state index is 0.0872. The molecule has 0 spiro atoms. The Hall–Kier alpha value is -1.09. The lowest BCUT2D eigenvalue weighted by atomic mass is 9.88. The van der Waals surface area contributed by atoms with Crippen molar-refractivity contribution in [2.24, 2.45) is 11.1 Å². The lowest BCUT2D eigenvalue weighted by Crippen LogP contribution is -2.30. The molecule has 0 saturated carbocycles. The average molecular weight is 279 g/mol. The summed E-state index contributed by atoms with van der Waals surface area (Å²) in [4.78, 5) is 0.579. The molecule has 0 atom stereocenters. The molecule has 106 valence electrons. The van der Waals surface area contributed by atoms with E-state index in [0.29, 0.717) is 11.6 Å². The van der Waals surface area contributed by atoms with E-state index in [-0.39, 0.29) is 5.41 Å². The summed E-state index contributed by atoms with van der Waals surface area (Å²) in [6.45, 7) is 11.2. The predicted molar refractivity (Wildman–Crippen MR) is 85.9 cm³/mol.